The summed E-state index contributed by atoms with van der Waals surface area (Å²) in [6.45, 7) is 8.53. The van der Waals surface area contributed by atoms with Crippen LogP contribution in [0.25, 0.3) is 0 Å². The molecule has 0 aliphatic carbocycles. The number of piperidine rings is 1. The van der Waals surface area contributed by atoms with Crippen molar-refractivity contribution in [3.63, 3.8) is 0 Å². The lowest BCUT2D eigenvalue weighted by Gasteiger charge is -2.32. The molecule has 1 aliphatic heterocycles. The predicted octanol–water partition coefficient (Wildman–Crippen LogP) is 4.05. The lowest BCUT2D eigenvalue weighted by atomic mass is 9.87. The van der Waals surface area contributed by atoms with Crippen LogP contribution in [0.5, 0.6) is 0 Å². The van der Waals surface area contributed by atoms with Crippen LogP contribution in [0.4, 0.5) is 10.5 Å². The maximum absolute atomic E-state index is 12.5. The number of benzene rings is 1. The van der Waals surface area contributed by atoms with Crippen LogP contribution in [-0.2, 0) is 5.41 Å². The molecule has 1 aromatic heterocycles. The fourth-order valence-electron chi connectivity index (χ4n) is 3.48. The number of nitrogens with one attached hydrogen (secondary N) is 2. The van der Waals surface area contributed by atoms with Crippen LogP contribution in [0.15, 0.2) is 48.8 Å². The molecule has 1 fully saturated rings. The van der Waals surface area contributed by atoms with Gasteiger partial charge in [0.25, 0.3) is 5.91 Å². The van der Waals surface area contributed by atoms with Gasteiger partial charge in [0, 0.05) is 43.3 Å². The van der Waals surface area contributed by atoms with E-state index in [-0.39, 0.29) is 17.4 Å². The lowest BCUT2D eigenvalue weighted by Crippen LogP contribution is -2.42. The van der Waals surface area contributed by atoms with Crippen LogP contribution in [-0.4, -0.2) is 41.5 Å². The van der Waals surface area contributed by atoms with Crippen molar-refractivity contribution in [1.29, 1.82) is 0 Å². The molecule has 3 rings (SSSR count). The Labute approximate surface area is 172 Å². The van der Waals surface area contributed by atoms with Gasteiger partial charge >= 0.3 is 6.03 Å². The van der Waals surface area contributed by atoms with Crippen molar-refractivity contribution >= 4 is 17.6 Å². The molecule has 0 atom stereocenters. The summed E-state index contributed by atoms with van der Waals surface area (Å²) in [5.41, 5.74) is 2.78. The molecule has 0 radical (unpaired) electrons. The molecule has 29 heavy (non-hydrogen) atoms. The molecule has 0 bridgehead atoms. The summed E-state index contributed by atoms with van der Waals surface area (Å²) in [4.78, 5) is 30.5. The molecule has 0 saturated carbocycles. The number of likely N-dealkylation sites (tertiary alicyclic amines) is 1. The molecule has 6 heteroatoms. The highest BCUT2D eigenvalue weighted by molar-refractivity contribution is 5.94. The molecule has 0 unspecified atom stereocenters. The minimum absolute atomic E-state index is 0.0512. The number of carbonyl (C=O) groups excluding carboxylic acids is 2. The Morgan fingerprint density at radius 3 is 2.24 bits per heavy atom. The van der Waals surface area contributed by atoms with E-state index in [1.54, 1.807) is 24.5 Å². The van der Waals surface area contributed by atoms with Gasteiger partial charge in [0.15, 0.2) is 0 Å². The van der Waals surface area contributed by atoms with Gasteiger partial charge in [-0.25, -0.2) is 4.79 Å². The van der Waals surface area contributed by atoms with Crippen LogP contribution in [0.3, 0.4) is 0 Å². The highest BCUT2D eigenvalue weighted by Gasteiger charge is 2.24. The number of urea groups is 1. The van der Waals surface area contributed by atoms with Gasteiger partial charge in [-0.2, -0.15) is 0 Å². The first-order valence-corrected chi connectivity index (χ1v) is 10.2. The van der Waals surface area contributed by atoms with Crippen molar-refractivity contribution in [1.82, 2.24) is 15.2 Å². The maximum Gasteiger partial charge on any atom is 0.319 e. The molecule has 0 spiro atoms. The Hall–Kier alpha value is -2.89. The van der Waals surface area contributed by atoms with Gasteiger partial charge in [0.1, 0.15) is 0 Å². The predicted molar refractivity (Wildman–Crippen MR) is 115 cm³/mol. The van der Waals surface area contributed by atoms with Gasteiger partial charge in [-0.15, -0.1) is 0 Å². The van der Waals surface area contributed by atoms with Crippen LogP contribution < -0.4 is 10.6 Å². The van der Waals surface area contributed by atoms with Crippen molar-refractivity contribution in [2.45, 2.75) is 39.0 Å². The Bertz CT molecular complexity index is 820. The van der Waals surface area contributed by atoms with E-state index in [2.05, 4.69) is 36.4 Å². The Morgan fingerprint density at radius 2 is 1.66 bits per heavy atom. The van der Waals surface area contributed by atoms with Crippen molar-refractivity contribution in [2.75, 3.05) is 25.0 Å². The van der Waals surface area contributed by atoms with Gasteiger partial charge in [-0.05, 0) is 54.0 Å². The minimum Gasteiger partial charge on any atom is -0.339 e. The smallest absolute Gasteiger partial charge is 0.319 e. The lowest BCUT2D eigenvalue weighted by molar-refractivity contribution is 0.0690. The molecule has 1 aromatic carbocycles. The van der Waals surface area contributed by atoms with E-state index in [1.807, 2.05) is 29.2 Å². The summed E-state index contributed by atoms with van der Waals surface area (Å²) in [6, 6.07) is 11.3. The number of aromatic nitrogens is 1. The molecule has 3 amide bonds. The van der Waals surface area contributed by atoms with Crippen molar-refractivity contribution < 1.29 is 9.59 Å². The van der Waals surface area contributed by atoms with Crippen molar-refractivity contribution in [3.8, 4) is 0 Å². The van der Waals surface area contributed by atoms with E-state index in [0.717, 1.165) is 18.5 Å². The maximum atomic E-state index is 12.5. The zero-order chi connectivity index (χ0) is 20.9. The first-order chi connectivity index (χ1) is 13.8. The summed E-state index contributed by atoms with van der Waals surface area (Å²) in [5, 5.41) is 5.85. The van der Waals surface area contributed by atoms with Crippen LogP contribution in [0.2, 0.25) is 0 Å². The van der Waals surface area contributed by atoms with E-state index in [0.29, 0.717) is 31.1 Å². The Kier molecular flexibility index (Phi) is 6.52. The summed E-state index contributed by atoms with van der Waals surface area (Å²) in [6.07, 6.45) is 5.05. The summed E-state index contributed by atoms with van der Waals surface area (Å²) >= 11 is 0. The van der Waals surface area contributed by atoms with Crippen LogP contribution >= 0.6 is 0 Å². The second kappa shape index (κ2) is 9.07. The molecule has 2 aromatic rings. The number of amides is 3. The summed E-state index contributed by atoms with van der Waals surface area (Å²) < 4.78 is 0. The third-order valence-electron chi connectivity index (χ3n) is 5.39. The molecule has 2 heterocycles. The average molecular weight is 395 g/mol. The Morgan fingerprint density at radius 1 is 1.03 bits per heavy atom. The van der Waals surface area contributed by atoms with Crippen LogP contribution in [0.1, 0.15) is 49.5 Å². The van der Waals surface area contributed by atoms with E-state index in [9.17, 15) is 9.59 Å². The summed E-state index contributed by atoms with van der Waals surface area (Å²) in [5.74, 6) is 0.431. The number of anilines is 1. The second-order valence-corrected chi connectivity index (χ2v) is 8.63. The molecule has 1 aliphatic rings. The largest absolute Gasteiger partial charge is 0.339 e. The topological polar surface area (TPSA) is 74.3 Å². The van der Waals surface area contributed by atoms with Gasteiger partial charge in [-0.3, -0.25) is 9.78 Å². The van der Waals surface area contributed by atoms with Gasteiger partial charge in [-0.1, -0.05) is 32.9 Å². The zero-order valence-corrected chi connectivity index (χ0v) is 17.4. The second-order valence-electron chi connectivity index (χ2n) is 8.63. The van der Waals surface area contributed by atoms with E-state index >= 15 is 0 Å². The molecule has 2 N–H and O–H groups in total. The first-order valence-electron chi connectivity index (χ1n) is 10.2. The highest BCUT2D eigenvalue weighted by atomic mass is 16.2. The van der Waals surface area contributed by atoms with Crippen molar-refractivity contribution in [3.05, 3.63) is 59.9 Å². The third kappa shape index (κ3) is 5.79. The van der Waals surface area contributed by atoms with E-state index in [4.69, 9.17) is 0 Å². The summed E-state index contributed by atoms with van der Waals surface area (Å²) in [7, 11) is 0. The fraction of sp³-hybridized carbons (Fsp3) is 0.435. The molecular formula is C23H30N4O2. The monoisotopic (exact) mass is 394 g/mol. The van der Waals surface area contributed by atoms with E-state index in [1.165, 1.54) is 5.56 Å². The van der Waals surface area contributed by atoms with Crippen LogP contribution in [0, 0.1) is 5.92 Å². The van der Waals surface area contributed by atoms with E-state index < -0.39 is 0 Å². The SMILES string of the molecule is CC(C)(C)c1ccc(NC(=O)NCC2CCN(C(=O)c3ccncc3)CC2)cc1. The van der Waals surface area contributed by atoms with Gasteiger partial charge in [0.05, 0.1) is 0 Å². The standard InChI is InChI=1S/C23H30N4O2/c1-23(2,3)19-4-6-20(7-5-19)26-22(29)25-16-17-10-14-27(15-11-17)21(28)18-8-12-24-13-9-18/h4-9,12-13,17H,10-11,14-16H2,1-3H3,(H2,25,26,29). The molecule has 154 valence electrons. The molecule has 6 nitrogen and oxygen atoms in total. The first kappa shape index (κ1) is 20.8. The quantitative estimate of drug-likeness (QED) is 0.821. The number of nitrogens with zero attached hydrogens (tertiary/aromatic N) is 2. The molecule has 1 saturated heterocycles. The fourth-order valence-corrected chi connectivity index (χ4v) is 3.48. The number of carbonyl (C=O) groups is 2. The van der Waals surface area contributed by atoms with Gasteiger partial charge in [0.2, 0.25) is 0 Å². The van der Waals surface area contributed by atoms with Gasteiger partial charge < -0.3 is 15.5 Å². The zero-order valence-electron chi connectivity index (χ0n) is 17.4. The number of pyridine rings is 1. The number of hydrogen-bond acceptors (Lipinski definition) is 3. The number of rotatable bonds is 4. The third-order valence-corrected chi connectivity index (χ3v) is 5.39. The highest BCUT2D eigenvalue weighted by Crippen LogP contribution is 2.23. The minimum atomic E-state index is -0.191. The average Bonchev–Trinajstić information content (AvgIpc) is 2.72. The number of hydrogen-bond donors (Lipinski definition) is 2. The molecular weight excluding hydrogens is 364 g/mol. The van der Waals surface area contributed by atoms with Crippen molar-refractivity contribution in [2.24, 2.45) is 5.92 Å². The normalized spacial score (nSPS) is 15.1. The Balaban J connectivity index is 1.41.